The monoisotopic (exact) mass is 377 g/mol. The highest BCUT2D eigenvalue weighted by atomic mass is 16.5. The first-order valence-electron chi connectivity index (χ1n) is 9.36. The lowest BCUT2D eigenvalue weighted by atomic mass is 10.2. The van der Waals surface area contributed by atoms with Crippen molar-refractivity contribution in [2.24, 2.45) is 4.99 Å². The summed E-state index contributed by atoms with van der Waals surface area (Å²) in [5.74, 6) is 1.56. The van der Waals surface area contributed by atoms with Gasteiger partial charge in [-0.25, -0.2) is 4.99 Å². The number of anilines is 1. The van der Waals surface area contributed by atoms with Crippen LogP contribution in [0.3, 0.4) is 0 Å². The fraction of sp³-hybridized carbons (Fsp3) is 0.579. The lowest BCUT2D eigenvalue weighted by molar-refractivity contribution is -0.119. The zero-order chi connectivity index (χ0) is 19.5. The molecule has 1 saturated heterocycles. The number of hydrogen-bond donors (Lipinski definition) is 2. The van der Waals surface area contributed by atoms with E-state index in [1.54, 1.807) is 14.2 Å². The van der Waals surface area contributed by atoms with Gasteiger partial charge in [0.25, 0.3) is 0 Å². The van der Waals surface area contributed by atoms with Crippen LogP contribution in [-0.2, 0) is 9.53 Å². The average Bonchev–Trinajstić information content (AvgIpc) is 2.71. The molecule has 2 rings (SSSR count). The van der Waals surface area contributed by atoms with E-state index in [-0.39, 0.29) is 12.5 Å². The standard InChI is InChI=1S/C19H31N5O3/c1-4-20-19(22-15-18(25)21-9-14-26-2)24-12-10-23(11-13-24)16-7-5-6-8-17(16)27-3/h5-8H,4,9-15H2,1-3H3,(H,20,22)(H,21,25). The van der Waals surface area contributed by atoms with Crippen molar-refractivity contribution in [1.29, 1.82) is 0 Å². The average molecular weight is 377 g/mol. The molecule has 8 nitrogen and oxygen atoms in total. The fourth-order valence-corrected chi connectivity index (χ4v) is 2.97. The molecule has 0 spiro atoms. The molecule has 0 aromatic heterocycles. The SMILES string of the molecule is CCNC(=NCC(=O)NCCOC)N1CCN(c2ccccc2OC)CC1. The van der Waals surface area contributed by atoms with E-state index in [0.29, 0.717) is 13.2 Å². The third kappa shape index (κ3) is 6.32. The molecule has 27 heavy (non-hydrogen) atoms. The van der Waals surface area contributed by atoms with Gasteiger partial charge < -0.3 is 29.9 Å². The first kappa shape index (κ1) is 20.8. The van der Waals surface area contributed by atoms with Crippen LogP contribution in [0.2, 0.25) is 0 Å². The minimum Gasteiger partial charge on any atom is -0.495 e. The summed E-state index contributed by atoms with van der Waals surface area (Å²) in [4.78, 5) is 20.9. The van der Waals surface area contributed by atoms with Crippen LogP contribution in [0.15, 0.2) is 29.3 Å². The molecule has 0 bridgehead atoms. The Balaban J connectivity index is 1.92. The van der Waals surface area contributed by atoms with Crippen LogP contribution in [0, 0.1) is 0 Å². The number of ether oxygens (including phenoxy) is 2. The normalized spacial score (nSPS) is 14.9. The number of nitrogens with one attached hydrogen (secondary N) is 2. The van der Waals surface area contributed by atoms with E-state index < -0.39 is 0 Å². The minimum absolute atomic E-state index is 0.102. The lowest BCUT2D eigenvalue weighted by Crippen LogP contribution is -2.52. The van der Waals surface area contributed by atoms with Crippen molar-refractivity contribution >= 4 is 17.6 Å². The van der Waals surface area contributed by atoms with Crippen LogP contribution >= 0.6 is 0 Å². The summed E-state index contributed by atoms with van der Waals surface area (Å²) in [6.07, 6.45) is 0. The van der Waals surface area contributed by atoms with Crippen LogP contribution in [0.25, 0.3) is 0 Å². The minimum atomic E-state index is -0.102. The van der Waals surface area contributed by atoms with Gasteiger partial charge in [0.15, 0.2) is 5.96 Å². The fourth-order valence-electron chi connectivity index (χ4n) is 2.97. The molecule has 1 amide bonds. The first-order chi connectivity index (χ1) is 13.2. The van der Waals surface area contributed by atoms with E-state index in [9.17, 15) is 4.79 Å². The van der Waals surface area contributed by atoms with E-state index in [1.165, 1.54) is 0 Å². The number of methoxy groups -OCH3 is 2. The Bertz CT molecular complexity index is 615. The molecule has 0 unspecified atom stereocenters. The quantitative estimate of drug-likeness (QED) is 0.391. The summed E-state index contributed by atoms with van der Waals surface area (Å²) in [6, 6.07) is 8.07. The number of nitrogens with zero attached hydrogens (tertiary/aromatic N) is 3. The number of carbonyl (C=O) groups is 1. The Kier molecular flexibility index (Phi) is 8.70. The Hall–Kier alpha value is -2.48. The van der Waals surface area contributed by atoms with Crippen LogP contribution in [0.1, 0.15) is 6.92 Å². The van der Waals surface area contributed by atoms with Crippen LogP contribution in [0.4, 0.5) is 5.69 Å². The lowest BCUT2D eigenvalue weighted by Gasteiger charge is -2.38. The summed E-state index contributed by atoms with van der Waals surface area (Å²) in [6.45, 7) is 7.29. The summed E-state index contributed by atoms with van der Waals surface area (Å²) in [5.41, 5.74) is 1.11. The van der Waals surface area contributed by atoms with Crippen LogP contribution < -0.4 is 20.3 Å². The number of aliphatic imine (C=N–C) groups is 1. The molecule has 1 aliphatic rings. The number of piperazine rings is 1. The second-order valence-electron chi connectivity index (χ2n) is 6.16. The molecule has 1 aromatic carbocycles. The van der Waals surface area contributed by atoms with Crippen molar-refractivity contribution in [3.8, 4) is 5.75 Å². The maximum absolute atomic E-state index is 11.9. The van der Waals surface area contributed by atoms with Gasteiger partial charge in [0, 0.05) is 46.4 Å². The summed E-state index contributed by atoms with van der Waals surface area (Å²) in [5, 5.41) is 6.07. The molecule has 150 valence electrons. The summed E-state index contributed by atoms with van der Waals surface area (Å²) >= 11 is 0. The third-order valence-corrected chi connectivity index (χ3v) is 4.34. The predicted molar refractivity (Wildman–Crippen MR) is 108 cm³/mol. The zero-order valence-corrected chi connectivity index (χ0v) is 16.5. The number of benzene rings is 1. The molecular weight excluding hydrogens is 346 g/mol. The number of guanidine groups is 1. The number of rotatable bonds is 8. The molecule has 1 aromatic rings. The number of amides is 1. The number of hydrogen-bond acceptors (Lipinski definition) is 5. The van der Waals surface area contributed by atoms with E-state index in [2.05, 4.69) is 31.5 Å². The Morgan fingerprint density at radius 3 is 2.56 bits per heavy atom. The molecule has 0 atom stereocenters. The highest BCUT2D eigenvalue weighted by Gasteiger charge is 2.21. The van der Waals surface area contributed by atoms with Gasteiger partial charge in [-0.05, 0) is 19.1 Å². The maximum Gasteiger partial charge on any atom is 0.241 e. The van der Waals surface area contributed by atoms with E-state index in [1.807, 2.05) is 25.1 Å². The Morgan fingerprint density at radius 2 is 1.89 bits per heavy atom. The molecule has 1 heterocycles. The highest BCUT2D eigenvalue weighted by molar-refractivity contribution is 5.85. The van der Waals surface area contributed by atoms with Crippen molar-refractivity contribution in [3.05, 3.63) is 24.3 Å². The van der Waals surface area contributed by atoms with Gasteiger partial charge in [-0.1, -0.05) is 12.1 Å². The second kappa shape index (κ2) is 11.3. The Labute approximate surface area is 161 Å². The Morgan fingerprint density at radius 1 is 1.15 bits per heavy atom. The molecule has 0 aliphatic carbocycles. The van der Waals surface area contributed by atoms with Gasteiger partial charge in [-0.2, -0.15) is 0 Å². The first-order valence-corrected chi connectivity index (χ1v) is 9.36. The second-order valence-corrected chi connectivity index (χ2v) is 6.16. The maximum atomic E-state index is 11.9. The van der Waals surface area contributed by atoms with Crippen molar-refractivity contribution in [2.45, 2.75) is 6.92 Å². The van der Waals surface area contributed by atoms with Crippen molar-refractivity contribution in [3.63, 3.8) is 0 Å². The van der Waals surface area contributed by atoms with Crippen LogP contribution in [0.5, 0.6) is 5.75 Å². The van der Waals surface area contributed by atoms with Gasteiger partial charge in [0.1, 0.15) is 12.3 Å². The molecule has 1 fully saturated rings. The van der Waals surface area contributed by atoms with Gasteiger partial charge in [-0.3, -0.25) is 4.79 Å². The van der Waals surface area contributed by atoms with Crippen LogP contribution in [-0.4, -0.2) is 83.4 Å². The number of para-hydroxylation sites is 2. The van der Waals surface area contributed by atoms with Gasteiger partial charge in [0.2, 0.25) is 5.91 Å². The predicted octanol–water partition coefficient (Wildman–Crippen LogP) is 0.545. The molecular formula is C19H31N5O3. The zero-order valence-electron chi connectivity index (χ0n) is 16.5. The molecule has 1 aliphatic heterocycles. The van der Waals surface area contributed by atoms with Crippen molar-refractivity contribution in [1.82, 2.24) is 15.5 Å². The van der Waals surface area contributed by atoms with Gasteiger partial charge >= 0.3 is 0 Å². The molecule has 0 radical (unpaired) electrons. The smallest absolute Gasteiger partial charge is 0.241 e. The van der Waals surface area contributed by atoms with Gasteiger partial charge in [-0.15, -0.1) is 0 Å². The third-order valence-electron chi connectivity index (χ3n) is 4.34. The van der Waals surface area contributed by atoms with E-state index in [0.717, 1.165) is 50.1 Å². The summed E-state index contributed by atoms with van der Waals surface area (Å²) < 4.78 is 10.4. The largest absolute Gasteiger partial charge is 0.495 e. The molecule has 8 heteroatoms. The summed E-state index contributed by atoms with van der Waals surface area (Å²) in [7, 11) is 3.31. The van der Waals surface area contributed by atoms with E-state index in [4.69, 9.17) is 9.47 Å². The van der Waals surface area contributed by atoms with Crippen molar-refractivity contribution in [2.75, 3.05) is 71.5 Å². The molecule has 2 N–H and O–H groups in total. The van der Waals surface area contributed by atoms with Gasteiger partial charge in [0.05, 0.1) is 19.4 Å². The highest BCUT2D eigenvalue weighted by Crippen LogP contribution is 2.28. The number of carbonyl (C=O) groups excluding carboxylic acids is 1. The van der Waals surface area contributed by atoms with E-state index >= 15 is 0 Å². The molecule has 0 saturated carbocycles. The van der Waals surface area contributed by atoms with Crippen molar-refractivity contribution < 1.29 is 14.3 Å². The topological polar surface area (TPSA) is 78.4 Å².